The Kier molecular flexibility index (Phi) is 8.58. The third-order valence-corrected chi connectivity index (χ3v) is 7.18. The molecule has 5 aromatic rings. The molecule has 0 amide bonds. The molecular formula is C33H22F5IO2. The summed E-state index contributed by atoms with van der Waals surface area (Å²) in [7, 11) is 0. The van der Waals surface area contributed by atoms with Crippen molar-refractivity contribution >= 4 is 22.6 Å². The average molecular weight is 672 g/mol. The zero-order valence-corrected chi connectivity index (χ0v) is 23.8. The van der Waals surface area contributed by atoms with E-state index in [1.807, 2.05) is 12.1 Å². The van der Waals surface area contributed by atoms with Gasteiger partial charge in [-0.1, -0.05) is 48.5 Å². The van der Waals surface area contributed by atoms with Crippen LogP contribution in [0.2, 0.25) is 0 Å². The van der Waals surface area contributed by atoms with Crippen LogP contribution in [0.1, 0.15) is 16.7 Å². The molecule has 2 nitrogen and oxygen atoms in total. The maximum atomic E-state index is 15.1. The molecule has 0 saturated carbocycles. The highest BCUT2D eigenvalue weighted by Gasteiger charge is 2.20. The molecule has 0 aliphatic carbocycles. The highest BCUT2D eigenvalue weighted by molar-refractivity contribution is 14.1. The standard InChI is InChI=1S/C33H22F5IO2/c1-19-3-2-4-26(34)32(19)40-17-20-5-9-22(10-6-20)23-13-27(35)31(28(36)14-23)24-15-29(37)33(30(38)16-24)41-18-21-7-11-25(39)12-8-21/h2-16H,17-18H2,1H3. The number of hydrogen-bond donors (Lipinski definition) is 0. The second-order valence-electron chi connectivity index (χ2n) is 9.37. The molecule has 0 spiro atoms. The molecule has 0 aromatic heterocycles. The Balaban J connectivity index is 1.33. The van der Waals surface area contributed by atoms with Crippen molar-refractivity contribution in [3.63, 3.8) is 0 Å². The fraction of sp³-hybridized carbons (Fsp3) is 0.0909. The monoisotopic (exact) mass is 672 g/mol. The van der Waals surface area contributed by atoms with Gasteiger partial charge in [-0.05, 0) is 105 Å². The molecule has 0 aliphatic heterocycles. The molecule has 5 rings (SSSR count). The molecule has 0 aliphatic rings. The molecule has 208 valence electrons. The first-order chi connectivity index (χ1) is 19.7. The smallest absolute Gasteiger partial charge is 0.191 e. The van der Waals surface area contributed by atoms with Crippen LogP contribution in [-0.4, -0.2) is 0 Å². The summed E-state index contributed by atoms with van der Waals surface area (Å²) in [6, 6.07) is 22.5. The van der Waals surface area contributed by atoms with Gasteiger partial charge in [-0.2, -0.15) is 0 Å². The largest absolute Gasteiger partial charge is 0.486 e. The molecule has 0 unspecified atom stereocenters. The summed E-state index contributed by atoms with van der Waals surface area (Å²) in [5.41, 5.74) is 2.00. The molecule has 0 saturated heterocycles. The van der Waals surface area contributed by atoms with Crippen LogP contribution in [-0.2, 0) is 13.2 Å². The predicted molar refractivity (Wildman–Crippen MR) is 156 cm³/mol. The fourth-order valence-electron chi connectivity index (χ4n) is 4.34. The van der Waals surface area contributed by atoms with Crippen LogP contribution in [0.5, 0.6) is 11.5 Å². The normalized spacial score (nSPS) is 11.0. The lowest BCUT2D eigenvalue weighted by atomic mass is 9.98. The summed E-state index contributed by atoms with van der Waals surface area (Å²) in [5.74, 6) is -5.03. The Morgan fingerprint density at radius 3 is 1.61 bits per heavy atom. The Morgan fingerprint density at radius 2 is 1.05 bits per heavy atom. The van der Waals surface area contributed by atoms with Gasteiger partial charge in [0.05, 0.1) is 5.56 Å². The fourth-order valence-corrected chi connectivity index (χ4v) is 4.70. The Bertz CT molecular complexity index is 1640. The zero-order valence-electron chi connectivity index (χ0n) is 21.7. The van der Waals surface area contributed by atoms with E-state index in [1.165, 1.54) is 6.07 Å². The van der Waals surface area contributed by atoms with Crippen LogP contribution in [0.3, 0.4) is 0 Å². The lowest BCUT2D eigenvalue weighted by Gasteiger charge is -2.13. The number of benzene rings is 5. The van der Waals surface area contributed by atoms with Gasteiger partial charge in [-0.3, -0.25) is 0 Å². The zero-order chi connectivity index (χ0) is 29.1. The lowest BCUT2D eigenvalue weighted by molar-refractivity contribution is 0.274. The van der Waals surface area contributed by atoms with Gasteiger partial charge in [-0.15, -0.1) is 0 Å². The molecular weight excluding hydrogens is 650 g/mol. The van der Waals surface area contributed by atoms with Crippen LogP contribution < -0.4 is 9.47 Å². The molecule has 0 fully saturated rings. The number of aryl methyl sites for hydroxylation is 1. The van der Waals surface area contributed by atoms with E-state index in [9.17, 15) is 13.2 Å². The molecule has 0 heterocycles. The number of rotatable bonds is 8. The summed E-state index contributed by atoms with van der Waals surface area (Å²) in [6.45, 7) is 1.77. The molecule has 41 heavy (non-hydrogen) atoms. The minimum absolute atomic E-state index is 0.0742. The maximum absolute atomic E-state index is 15.1. The lowest BCUT2D eigenvalue weighted by Crippen LogP contribution is -2.01. The van der Waals surface area contributed by atoms with Crippen LogP contribution in [0.15, 0.2) is 91.0 Å². The number of hydrogen-bond acceptors (Lipinski definition) is 2. The van der Waals surface area contributed by atoms with Crippen molar-refractivity contribution < 1.29 is 31.4 Å². The van der Waals surface area contributed by atoms with Crippen LogP contribution in [0.25, 0.3) is 22.3 Å². The van der Waals surface area contributed by atoms with Crippen LogP contribution in [0, 0.1) is 39.6 Å². The number of para-hydroxylation sites is 1. The number of ether oxygens (including phenoxy) is 2. The van der Waals surface area contributed by atoms with Crippen molar-refractivity contribution in [1.29, 1.82) is 0 Å². The van der Waals surface area contributed by atoms with Gasteiger partial charge in [0.15, 0.2) is 29.0 Å². The van der Waals surface area contributed by atoms with Gasteiger partial charge in [0.25, 0.3) is 0 Å². The number of halogens is 6. The van der Waals surface area contributed by atoms with Gasteiger partial charge in [0, 0.05) is 3.57 Å². The Hall–Kier alpha value is -3.92. The average Bonchev–Trinajstić information content (AvgIpc) is 2.93. The van der Waals surface area contributed by atoms with Gasteiger partial charge in [0.1, 0.15) is 24.8 Å². The topological polar surface area (TPSA) is 18.5 Å². The van der Waals surface area contributed by atoms with Crippen molar-refractivity contribution in [3.05, 3.63) is 140 Å². The SMILES string of the molecule is Cc1cccc(F)c1OCc1ccc(-c2cc(F)c(-c3cc(F)c(OCc4ccc(I)cc4)c(F)c3)c(F)c2)cc1. The van der Waals surface area contributed by atoms with Crippen molar-refractivity contribution in [3.8, 4) is 33.8 Å². The van der Waals surface area contributed by atoms with E-state index in [4.69, 9.17) is 9.47 Å². The minimum atomic E-state index is -1.07. The molecule has 0 radical (unpaired) electrons. The third-order valence-electron chi connectivity index (χ3n) is 6.46. The summed E-state index contributed by atoms with van der Waals surface area (Å²) >= 11 is 2.14. The van der Waals surface area contributed by atoms with Crippen molar-refractivity contribution in [2.24, 2.45) is 0 Å². The van der Waals surface area contributed by atoms with E-state index in [0.29, 0.717) is 16.7 Å². The summed E-state index contributed by atoms with van der Waals surface area (Å²) < 4.78 is 85.8. The summed E-state index contributed by atoms with van der Waals surface area (Å²) in [5, 5.41) is 0. The first-order valence-electron chi connectivity index (χ1n) is 12.5. The van der Waals surface area contributed by atoms with E-state index < -0.39 is 40.4 Å². The first-order valence-corrected chi connectivity index (χ1v) is 13.6. The highest BCUT2D eigenvalue weighted by atomic mass is 127. The van der Waals surface area contributed by atoms with Gasteiger partial charge >= 0.3 is 0 Å². The van der Waals surface area contributed by atoms with Gasteiger partial charge in [-0.25, -0.2) is 22.0 Å². The van der Waals surface area contributed by atoms with E-state index in [-0.39, 0.29) is 30.1 Å². The van der Waals surface area contributed by atoms with E-state index in [1.54, 1.807) is 55.5 Å². The summed E-state index contributed by atoms with van der Waals surface area (Å²) in [4.78, 5) is 0. The van der Waals surface area contributed by atoms with Crippen LogP contribution in [0.4, 0.5) is 22.0 Å². The van der Waals surface area contributed by atoms with Crippen LogP contribution >= 0.6 is 22.6 Å². The first kappa shape index (κ1) is 28.6. The van der Waals surface area contributed by atoms with Gasteiger partial charge < -0.3 is 9.47 Å². The summed E-state index contributed by atoms with van der Waals surface area (Å²) in [6.07, 6.45) is 0. The van der Waals surface area contributed by atoms with Gasteiger partial charge in [0.2, 0.25) is 0 Å². The second kappa shape index (κ2) is 12.3. The quantitative estimate of drug-likeness (QED) is 0.121. The van der Waals surface area contributed by atoms with Crippen molar-refractivity contribution in [2.75, 3.05) is 0 Å². The molecule has 0 bridgehead atoms. The minimum Gasteiger partial charge on any atom is -0.486 e. The molecule has 5 aromatic carbocycles. The molecule has 0 N–H and O–H groups in total. The third kappa shape index (κ3) is 6.53. The highest BCUT2D eigenvalue weighted by Crippen LogP contribution is 2.35. The maximum Gasteiger partial charge on any atom is 0.191 e. The van der Waals surface area contributed by atoms with Crippen molar-refractivity contribution in [2.45, 2.75) is 20.1 Å². The Morgan fingerprint density at radius 1 is 0.537 bits per heavy atom. The predicted octanol–water partition coefficient (Wildman–Crippen LogP) is 9.79. The van der Waals surface area contributed by atoms with E-state index in [2.05, 4.69) is 22.6 Å². The molecule has 0 atom stereocenters. The van der Waals surface area contributed by atoms with E-state index >= 15 is 8.78 Å². The van der Waals surface area contributed by atoms with Crippen molar-refractivity contribution in [1.82, 2.24) is 0 Å². The Labute approximate surface area is 247 Å². The molecule has 8 heteroatoms. The second-order valence-corrected chi connectivity index (χ2v) is 10.6. The van der Waals surface area contributed by atoms with E-state index in [0.717, 1.165) is 33.4 Å².